The molecule has 1 aromatic carbocycles. The molecular formula is C11H14BrNO2. The van der Waals surface area contributed by atoms with Gasteiger partial charge in [-0.05, 0) is 24.6 Å². The van der Waals surface area contributed by atoms with Crippen LogP contribution in [0.25, 0.3) is 0 Å². The van der Waals surface area contributed by atoms with Crippen LogP contribution in [-0.2, 0) is 4.79 Å². The van der Waals surface area contributed by atoms with Crippen molar-refractivity contribution >= 4 is 27.6 Å². The van der Waals surface area contributed by atoms with E-state index in [1.165, 1.54) is 0 Å². The minimum atomic E-state index is -0.808. The molecule has 0 aliphatic rings. The zero-order chi connectivity index (χ0) is 11.3. The second-order valence-corrected chi connectivity index (χ2v) is 4.25. The quantitative estimate of drug-likeness (QED) is 0.865. The van der Waals surface area contributed by atoms with Crippen LogP contribution in [0.2, 0.25) is 0 Å². The molecule has 0 aliphatic carbocycles. The molecule has 0 saturated heterocycles. The van der Waals surface area contributed by atoms with Crippen molar-refractivity contribution in [2.75, 3.05) is 5.32 Å². The summed E-state index contributed by atoms with van der Waals surface area (Å²) in [5, 5.41) is 12.0. The lowest BCUT2D eigenvalue weighted by Crippen LogP contribution is -2.28. The molecule has 0 radical (unpaired) electrons. The summed E-state index contributed by atoms with van der Waals surface area (Å²) in [6, 6.07) is 6.99. The molecule has 0 aliphatic heterocycles. The molecule has 0 heterocycles. The van der Waals surface area contributed by atoms with Gasteiger partial charge in [-0.25, -0.2) is 4.79 Å². The van der Waals surface area contributed by atoms with Gasteiger partial charge in [-0.15, -0.1) is 0 Å². The van der Waals surface area contributed by atoms with E-state index >= 15 is 0 Å². The molecule has 2 N–H and O–H groups in total. The van der Waals surface area contributed by atoms with Gasteiger partial charge in [-0.3, -0.25) is 0 Å². The minimum Gasteiger partial charge on any atom is -0.480 e. The topological polar surface area (TPSA) is 49.3 Å². The third-order valence-electron chi connectivity index (χ3n) is 2.04. The summed E-state index contributed by atoms with van der Waals surface area (Å²) >= 11 is 3.34. The van der Waals surface area contributed by atoms with Gasteiger partial charge in [0.1, 0.15) is 6.04 Å². The van der Waals surface area contributed by atoms with Crippen molar-refractivity contribution in [2.24, 2.45) is 0 Å². The third-order valence-corrected chi connectivity index (χ3v) is 2.53. The van der Waals surface area contributed by atoms with Crippen LogP contribution in [0, 0.1) is 0 Å². The molecule has 0 bridgehead atoms. The van der Waals surface area contributed by atoms with Gasteiger partial charge in [0.2, 0.25) is 0 Å². The van der Waals surface area contributed by atoms with Crippen LogP contribution in [0.5, 0.6) is 0 Å². The summed E-state index contributed by atoms with van der Waals surface area (Å²) in [5.74, 6) is -0.808. The number of halogens is 1. The molecule has 1 rings (SSSR count). The highest BCUT2D eigenvalue weighted by Crippen LogP contribution is 2.17. The number of nitrogens with one attached hydrogen (secondary N) is 1. The van der Waals surface area contributed by atoms with E-state index in [9.17, 15) is 4.79 Å². The summed E-state index contributed by atoms with van der Waals surface area (Å²) in [5.41, 5.74) is 0.824. The zero-order valence-electron chi connectivity index (χ0n) is 8.53. The first kappa shape index (κ1) is 12.0. The average molecular weight is 272 g/mol. The maximum absolute atomic E-state index is 10.9. The van der Waals surface area contributed by atoms with Crippen LogP contribution >= 0.6 is 15.9 Å². The van der Waals surface area contributed by atoms with Gasteiger partial charge in [0.25, 0.3) is 0 Å². The van der Waals surface area contributed by atoms with E-state index < -0.39 is 12.0 Å². The van der Waals surface area contributed by atoms with Crippen molar-refractivity contribution in [3.05, 3.63) is 28.7 Å². The Bertz CT molecular complexity index is 341. The van der Waals surface area contributed by atoms with Crippen LogP contribution in [0.3, 0.4) is 0 Å². The van der Waals surface area contributed by atoms with Crippen LogP contribution < -0.4 is 5.32 Å². The Labute approximate surface area is 97.6 Å². The fraction of sp³-hybridized carbons (Fsp3) is 0.364. The van der Waals surface area contributed by atoms with Crippen LogP contribution in [0.15, 0.2) is 28.7 Å². The Morgan fingerprint density at radius 2 is 2.33 bits per heavy atom. The number of carboxylic acid groups (broad SMARTS) is 1. The van der Waals surface area contributed by atoms with Crippen molar-refractivity contribution in [1.29, 1.82) is 0 Å². The second-order valence-electron chi connectivity index (χ2n) is 3.33. The Morgan fingerprint density at radius 3 is 2.87 bits per heavy atom. The predicted molar refractivity (Wildman–Crippen MR) is 64.1 cm³/mol. The molecule has 0 unspecified atom stereocenters. The van der Waals surface area contributed by atoms with Crippen molar-refractivity contribution < 1.29 is 9.90 Å². The number of carbonyl (C=O) groups is 1. The number of rotatable bonds is 5. The van der Waals surface area contributed by atoms with E-state index in [-0.39, 0.29) is 0 Å². The van der Waals surface area contributed by atoms with E-state index in [0.29, 0.717) is 6.42 Å². The lowest BCUT2D eigenvalue weighted by molar-refractivity contribution is -0.138. The third kappa shape index (κ3) is 3.91. The number of hydrogen-bond donors (Lipinski definition) is 2. The SMILES string of the molecule is CCC[C@@H](Nc1cccc(Br)c1)C(=O)O. The van der Waals surface area contributed by atoms with E-state index in [4.69, 9.17) is 5.11 Å². The molecule has 0 aromatic heterocycles. The van der Waals surface area contributed by atoms with Crippen LogP contribution in [0.1, 0.15) is 19.8 Å². The van der Waals surface area contributed by atoms with Gasteiger partial charge in [0.15, 0.2) is 0 Å². The number of aliphatic carboxylic acids is 1. The van der Waals surface area contributed by atoms with Gasteiger partial charge < -0.3 is 10.4 Å². The summed E-state index contributed by atoms with van der Waals surface area (Å²) < 4.78 is 0.938. The summed E-state index contributed by atoms with van der Waals surface area (Å²) in [4.78, 5) is 10.9. The molecule has 82 valence electrons. The lowest BCUT2D eigenvalue weighted by Gasteiger charge is -2.14. The standard InChI is InChI=1S/C11H14BrNO2/c1-2-4-10(11(14)15)13-9-6-3-5-8(12)7-9/h3,5-7,10,13H,2,4H2,1H3,(H,14,15)/t10-/m1/s1. The van der Waals surface area contributed by atoms with Crippen LogP contribution in [0.4, 0.5) is 5.69 Å². The molecule has 1 aromatic rings. The highest BCUT2D eigenvalue weighted by molar-refractivity contribution is 9.10. The van der Waals surface area contributed by atoms with E-state index in [2.05, 4.69) is 21.2 Å². The smallest absolute Gasteiger partial charge is 0.326 e. The lowest BCUT2D eigenvalue weighted by atomic mass is 10.1. The Kier molecular flexibility index (Phi) is 4.62. The Hall–Kier alpha value is -1.03. The highest BCUT2D eigenvalue weighted by atomic mass is 79.9. The van der Waals surface area contributed by atoms with E-state index in [1.54, 1.807) is 0 Å². The predicted octanol–water partition coefficient (Wildman–Crippen LogP) is 3.11. The fourth-order valence-corrected chi connectivity index (χ4v) is 1.72. The van der Waals surface area contributed by atoms with Crippen molar-refractivity contribution in [3.63, 3.8) is 0 Å². The maximum atomic E-state index is 10.9. The summed E-state index contributed by atoms with van der Waals surface area (Å²) in [7, 11) is 0. The molecule has 4 heteroatoms. The molecule has 0 saturated carbocycles. The minimum absolute atomic E-state index is 0.510. The Morgan fingerprint density at radius 1 is 1.60 bits per heavy atom. The second kappa shape index (κ2) is 5.75. The van der Waals surface area contributed by atoms with Gasteiger partial charge in [-0.1, -0.05) is 35.3 Å². The van der Waals surface area contributed by atoms with Gasteiger partial charge in [0.05, 0.1) is 0 Å². The van der Waals surface area contributed by atoms with E-state index in [1.807, 2.05) is 31.2 Å². The van der Waals surface area contributed by atoms with Crippen LogP contribution in [-0.4, -0.2) is 17.1 Å². The fourth-order valence-electron chi connectivity index (χ4n) is 1.33. The van der Waals surface area contributed by atoms with Gasteiger partial charge in [-0.2, -0.15) is 0 Å². The number of benzene rings is 1. The summed E-state index contributed by atoms with van der Waals surface area (Å²) in [6.07, 6.45) is 1.47. The molecule has 0 amide bonds. The molecule has 15 heavy (non-hydrogen) atoms. The van der Waals surface area contributed by atoms with Crippen molar-refractivity contribution in [1.82, 2.24) is 0 Å². The van der Waals surface area contributed by atoms with Gasteiger partial charge >= 0.3 is 5.97 Å². The van der Waals surface area contributed by atoms with E-state index in [0.717, 1.165) is 16.6 Å². The normalized spacial score (nSPS) is 12.1. The highest BCUT2D eigenvalue weighted by Gasteiger charge is 2.15. The first-order chi connectivity index (χ1) is 7.13. The molecule has 1 atom stereocenters. The largest absolute Gasteiger partial charge is 0.480 e. The molecule has 3 nitrogen and oxygen atoms in total. The molecule has 0 spiro atoms. The van der Waals surface area contributed by atoms with Crippen molar-refractivity contribution in [2.45, 2.75) is 25.8 Å². The number of hydrogen-bond acceptors (Lipinski definition) is 2. The van der Waals surface area contributed by atoms with Gasteiger partial charge in [0, 0.05) is 10.2 Å². The average Bonchev–Trinajstić information content (AvgIpc) is 2.17. The monoisotopic (exact) mass is 271 g/mol. The Balaban J connectivity index is 2.69. The van der Waals surface area contributed by atoms with Crippen molar-refractivity contribution in [3.8, 4) is 0 Å². The molecular weight excluding hydrogens is 258 g/mol. The first-order valence-electron chi connectivity index (χ1n) is 4.88. The zero-order valence-corrected chi connectivity index (χ0v) is 10.1. The maximum Gasteiger partial charge on any atom is 0.326 e. The number of carboxylic acids is 1. The molecule has 0 fully saturated rings. The first-order valence-corrected chi connectivity index (χ1v) is 5.67. The number of anilines is 1. The summed E-state index contributed by atoms with van der Waals surface area (Å²) in [6.45, 7) is 1.97.